The minimum absolute atomic E-state index is 0.0941. The first-order valence-corrected chi connectivity index (χ1v) is 6.28. The van der Waals surface area contributed by atoms with Crippen LogP contribution in [0.1, 0.15) is 16.1 Å². The Morgan fingerprint density at radius 3 is 2.78 bits per heavy atom. The Morgan fingerprint density at radius 1 is 1.39 bits per heavy atom. The minimum Gasteiger partial charge on any atom is -0.395 e. The van der Waals surface area contributed by atoms with Crippen molar-refractivity contribution in [3.05, 3.63) is 35.5 Å². The minimum atomic E-state index is -0.312. The molecule has 94 valence electrons. The largest absolute Gasteiger partial charge is 0.395 e. The van der Waals surface area contributed by atoms with Crippen LogP contribution in [0.25, 0.3) is 10.4 Å². The van der Waals surface area contributed by atoms with Crippen LogP contribution in [0, 0.1) is 6.92 Å². The van der Waals surface area contributed by atoms with Crippen molar-refractivity contribution in [1.82, 2.24) is 14.9 Å². The SMILES string of the molecule is Cc1ccc(-c2snnc2C(=O)NCCO)cc1. The molecule has 0 unspecified atom stereocenters. The summed E-state index contributed by atoms with van der Waals surface area (Å²) >= 11 is 1.19. The fourth-order valence-corrected chi connectivity index (χ4v) is 2.15. The smallest absolute Gasteiger partial charge is 0.273 e. The van der Waals surface area contributed by atoms with Gasteiger partial charge < -0.3 is 10.4 Å². The van der Waals surface area contributed by atoms with Crippen molar-refractivity contribution < 1.29 is 9.90 Å². The van der Waals surface area contributed by atoms with Crippen LogP contribution in [-0.2, 0) is 0 Å². The number of carbonyl (C=O) groups excluding carboxylic acids is 1. The van der Waals surface area contributed by atoms with Crippen molar-refractivity contribution >= 4 is 17.4 Å². The second-order valence-corrected chi connectivity index (χ2v) is 4.55. The quantitative estimate of drug-likeness (QED) is 0.870. The van der Waals surface area contributed by atoms with Gasteiger partial charge in [-0.1, -0.05) is 34.3 Å². The lowest BCUT2D eigenvalue weighted by atomic mass is 10.1. The molecule has 18 heavy (non-hydrogen) atoms. The van der Waals surface area contributed by atoms with Crippen molar-refractivity contribution in [2.24, 2.45) is 0 Å². The number of hydrogen-bond donors (Lipinski definition) is 2. The average molecular weight is 263 g/mol. The maximum absolute atomic E-state index is 11.8. The highest BCUT2D eigenvalue weighted by atomic mass is 32.1. The molecule has 0 bridgehead atoms. The van der Waals surface area contributed by atoms with E-state index < -0.39 is 0 Å². The summed E-state index contributed by atoms with van der Waals surface area (Å²) in [4.78, 5) is 12.5. The van der Waals surface area contributed by atoms with E-state index in [9.17, 15) is 4.79 Å². The molecule has 0 aliphatic rings. The van der Waals surface area contributed by atoms with Crippen LogP contribution in [0.4, 0.5) is 0 Å². The summed E-state index contributed by atoms with van der Waals surface area (Å²) < 4.78 is 3.82. The first kappa shape index (κ1) is 12.7. The summed E-state index contributed by atoms with van der Waals surface area (Å²) in [6.07, 6.45) is 0. The van der Waals surface area contributed by atoms with Crippen molar-refractivity contribution in [2.45, 2.75) is 6.92 Å². The van der Waals surface area contributed by atoms with Crippen LogP contribution in [-0.4, -0.2) is 33.8 Å². The van der Waals surface area contributed by atoms with E-state index in [0.29, 0.717) is 5.69 Å². The standard InChI is InChI=1S/C12H13N3O2S/c1-8-2-4-9(5-3-8)11-10(14-15-18-11)12(17)13-6-7-16/h2-5,16H,6-7H2,1H3,(H,13,17). The molecule has 0 aliphatic carbocycles. The summed E-state index contributed by atoms with van der Waals surface area (Å²) in [5.41, 5.74) is 2.38. The Hall–Kier alpha value is -1.79. The predicted molar refractivity (Wildman–Crippen MR) is 69.5 cm³/mol. The van der Waals surface area contributed by atoms with Gasteiger partial charge in [-0.2, -0.15) is 0 Å². The van der Waals surface area contributed by atoms with Crippen LogP contribution in [0.5, 0.6) is 0 Å². The summed E-state index contributed by atoms with van der Waals surface area (Å²) in [6.45, 7) is 2.12. The van der Waals surface area contributed by atoms with E-state index in [1.54, 1.807) is 0 Å². The third kappa shape index (κ3) is 2.72. The van der Waals surface area contributed by atoms with Gasteiger partial charge in [0, 0.05) is 6.54 Å². The first-order valence-electron chi connectivity index (χ1n) is 5.51. The summed E-state index contributed by atoms with van der Waals surface area (Å²) in [5, 5.41) is 15.1. The van der Waals surface area contributed by atoms with Crippen molar-refractivity contribution in [3.63, 3.8) is 0 Å². The van der Waals surface area contributed by atoms with E-state index in [4.69, 9.17) is 5.11 Å². The number of benzene rings is 1. The molecule has 0 fully saturated rings. The zero-order valence-corrected chi connectivity index (χ0v) is 10.7. The zero-order valence-electron chi connectivity index (χ0n) is 9.88. The Balaban J connectivity index is 2.27. The van der Waals surface area contributed by atoms with Gasteiger partial charge in [-0.05, 0) is 24.0 Å². The van der Waals surface area contributed by atoms with Crippen molar-refractivity contribution in [1.29, 1.82) is 0 Å². The molecule has 2 N–H and O–H groups in total. The van der Waals surface area contributed by atoms with E-state index in [1.165, 1.54) is 11.5 Å². The number of aliphatic hydroxyl groups excluding tert-OH is 1. The van der Waals surface area contributed by atoms with Crippen LogP contribution in [0.3, 0.4) is 0 Å². The number of nitrogens with one attached hydrogen (secondary N) is 1. The lowest BCUT2D eigenvalue weighted by Crippen LogP contribution is -2.27. The highest BCUT2D eigenvalue weighted by molar-refractivity contribution is 7.09. The molecule has 1 amide bonds. The van der Waals surface area contributed by atoms with Crippen LogP contribution >= 0.6 is 11.5 Å². The Kier molecular flexibility index (Phi) is 4.01. The van der Waals surface area contributed by atoms with Gasteiger partial charge in [0.25, 0.3) is 5.91 Å². The average Bonchev–Trinajstić information content (AvgIpc) is 2.86. The molecule has 0 atom stereocenters. The van der Waals surface area contributed by atoms with Crippen LogP contribution in [0.2, 0.25) is 0 Å². The fourth-order valence-electron chi connectivity index (χ4n) is 1.49. The molecular weight excluding hydrogens is 250 g/mol. The number of hydrogen-bond acceptors (Lipinski definition) is 5. The summed E-state index contributed by atoms with van der Waals surface area (Å²) in [7, 11) is 0. The number of carbonyl (C=O) groups is 1. The molecule has 0 saturated carbocycles. The van der Waals surface area contributed by atoms with Gasteiger partial charge in [0.2, 0.25) is 0 Å². The van der Waals surface area contributed by atoms with Gasteiger partial charge in [-0.3, -0.25) is 4.79 Å². The number of rotatable bonds is 4. The van der Waals surface area contributed by atoms with Crippen LogP contribution in [0.15, 0.2) is 24.3 Å². The molecule has 1 aromatic heterocycles. The predicted octanol–water partition coefficient (Wildman–Crippen LogP) is 1.24. The third-order valence-electron chi connectivity index (χ3n) is 2.41. The second kappa shape index (κ2) is 5.70. The molecule has 5 nitrogen and oxygen atoms in total. The van der Waals surface area contributed by atoms with Crippen molar-refractivity contribution in [3.8, 4) is 10.4 Å². The monoisotopic (exact) mass is 263 g/mol. The fraction of sp³-hybridized carbons (Fsp3) is 0.250. The molecule has 0 aliphatic heterocycles. The molecule has 0 radical (unpaired) electrons. The molecule has 1 aromatic carbocycles. The molecule has 1 heterocycles. The maximum Gasteiger partial charge on any atom is 0.273 e. The van der Waals surface area contributed by atoms with E-state index in [2.05, 4.69) is 14.9 Å². The lowest BCUT2D eigenvalue weighted by molar-refractivity contribution is 0.0940. The first-order chi connectivity index (χ1) is 8.72. The molecule has 2 rings (SSSR count). The topological polar surface area (TPSA) is 75.1 Å². The van der Waals surface area contributed by atoms with Crippen molar-refractivity contribution in [2.75, 3.05) is 13.2 Å². The second-order valence-electron chi connectivity index (χ2n) is 3.80. The van der Waals surface area contributed by atoms with E-state index >= 15 is 0 Å². The number of aliphatic hydroxyl groups is 1. The number of nitrogens with zero attached hydrogens (tertiary/aromatic N) is 2. The van der Waals surface area contributed by atoms with Gasteiger partial charge in [0.1, 0.15) is 0 Å². The maximum atomic E-state index is 11.8. The van der Waals surface area contributed by atoms with Gasteiger partial charge in [0.05, 0.1) is 11.5 Å². The summed E-state index contributed by atoms with van der Waals surface area (Å²) in [6, 6.07) is 7.83. The van der Waals surface area contributed by atoms with E-state index in [1.807, 2.05) is 31.2 Å². The molecular formula is C12H13N3O2S. The zero-order chi connectivity index (χ0) is 13.0. The Bertz CT molecular complexity index is 537. The third-order valence-corrected chi connectivity index (χ3v) is 3.19. The number of aryl methyl sites for hydroxylation is 1. The molecule has 6 heteroatoms. The lowest BCUT2D eigenvalue weighted by Gasteiger charge is -2.03. The highest BCUT2D eigenvalue weighted by Crippen LogP contribution is 2.26. The number of aromatic nitrogens is 2. The normalized spacial score (nSPS) is 10.3. The molecule has 0 spiro atoms. The Labute approximate surface area is 109 Å². The van der Waals surface area contributed by atoms with E-state index in [-0.39, 0.29) is 19.1 Å². The van der Waals surface area contributed by atoms with Gasteiger partial charge >= 0.3 is 0 Å². The highest BCUT2D eigenvalue weighted by Gasteiger charge is 2.17. The molecule has 2 aromatic rings. The summed E-state index contributed by atoms with van der Waals surface area (Å²) in [5.74, 6) is -0.312. The van der Waals surface area contributed by atoms with Crippen LogP contribution < -0.4 is 5.32 Å². The van der Waals surface area contributed by atoms with E-state index in [0.717, 1.165) is 16.0 Å². The van der Waals surface area contributed by atoms with Gasteiger partial charge in [-0.15, -0.1) is 5.10 Å². The van der Waals surface area contributed by atoms with Gasteiger partial charge in [-0.25, -0.2) is 0 Å². The van der Waals surface area contributed by atoms with Gasteiger partial charge in [0.15, 0.2) is 5.69 Å². The Morgan fingerprint density at radius 2 is 2.11 bits per heavy atom. The number of amides is 1. The molecule has 0 saturated heterocycles.